The smallest absolute Gasteiger partial charge is 0.251 e. The summed E-state index contributed by atoms with van der Waals surface area (Å²) < 4.78 is 6.16. The Morgan fingerprint density at radius 3 is 2.55 bits per heavy atom. The highest BCUT2D eigenvalue weighted by molar-refractivity contribution is 5.81. The van der Waals surface area contributed by atoms with Gasteiger partial charge < -0.3 is 9.64 Å². The lowest BCUT2D eigenvalue weighted by Crippen LogP contribution is -2.45. The first-order chi connectivity index (χ1) is 10.6. The second kappa shape index (κ2) is 7.33. The second-order valence-corrected chi connectivity index (χ2v) is 7.96. The Balaban J connectivity index is 1.55. The molecule has 0 radical (unpaired) electrons. The maximum absolute atomic E-state index is 12.9. The van der Waals surface area contributed by atoms with E-state index < -0.39 is 0 Å². The third-order valence-corrected chi connectivity index (χ3v) is 6.16. The number of nitrogens with zero attached hydrogens (tertiary/aromatic N) is 1. The third kappa shape index (κ3) is 3.67. The van der Waals surface area contributed by atoms with Crippen LogP contribution in [0.15, 0.2) is 0 Å². The molecule has 0 spiro atoms. The normalized spacial score (nSPS) is 35.0. The fraction of sp³-hybridized carbons (Fsp3) is 0.947. The van der Waals surface area contributed by atoms with E-state index in [1.807, 2.05) is 6.92 Å². The van der Waals surface area contributed by atoms with Gasteiger partial charge in [0.2, 0.25) is 0 Å². The topological polar surface area (TPSA) is 29.5 Å². The zero-order valence-corrected chi connectivity index (χ0v) is 14.4. The van der Waals surface area contributed by atoms with Crippen LogP contribution in [0.4, 0.5) is 0 Å². The number of carbonyl (C=O) groups excluding carboxylic acids is 1. The van der Waals surface area contributed by atoms with Crippen LogP contribution in [0.1, 0.15) is 78.1 Å². The maximum atomic E-state index is 12.9. The van der Waals surface area contributed by atoms with Crippen molar-refractivity contribution in [3.63, 3.8) is 0 Å². The molecule has 1 aliphatic heterocycles. The number of hydrogen-bond acceptors (Lipinski definition) is 2. The van der Waals surface area contributed by atoms with E-state index in [0.29, 0.717) is 12.1 Å². The zero-order valence-electron chi connectivity index (χ0n) is 14.4. The van der Waals surface area contributed by atoms with E-state index in [2.05, 4.69) is 11.8 Å². The van der Waals surface area contributed by atoms with Gasteiger partial charge in [-0.2, -0.15) is 0 Å². The van der Waals surface area contributed by atoms with Crippen molar-refractivity contribution in [2.24, 2.45) is 11.8 Å². The average Bonchev–Trinajstić information content (AvgIpc) is 3.17. The fourth-order valence-electron chi connectivity index (χ4n) is 4.98. The molecule has 3 nitrogen and oxygen atoms in total. The van der Waals surface area contributed by atoms with Crippen LogP contribution in [-0.2, 0) is 9.53 Å². The van der Waals surface area contributed by atoms with Crippen LogP contribution in [0.3, 0.4) is 0 Å². The predicted octanol–water partition coefficient (Wildman–Crippen LogP) is 4.15. The Labute approximate surface area is 135 Å². The summed E-state index contributed by atoms with van der Waals surface area (Å²) in [6.07, 6.45) is 12.6. The van der Waals surface area contributed by atoms with Crippen LogP contribution < -0.4 is 0 Å². The van der Waals surface area contributed by atoms with E-state index in [4.69, 9.17) is 4.74 Å². The monoisotopic (exact) mass is 307 g/mol. The van der Waals surface area contributed by atoms with E-state index in [9.17, 15) is 4.79 Å². The van der Waals surface area contributed by atoms with Crippen molar-refractivity contribution in [1.29, 1.82) is 0 Å². The van der Waals surface area contributed by atoms with Crippen molar-refractivity contribution >= 4 is 5.91 Å². The van der Waals surface area contributed by atoms with Gasteiger partial charge >= 0.3 is 0 Å². The van der Waals surface area contributed by atoms with E-state index in [-0.39, 0.29) is 12.0 Å². The SMILES string of the molecule is C[C@@H]1CCC[C@H](O[C@@H](C)C(=O)N2CCC[C@H]2C2CCCC2)C1. The van der Waals surface area contributed by atoms with E-state index >= 15 is 0 Å². The van der Waals surface area contributed by atoms with Crippen LogP contribution in [0.25, 0.3) is 0 Å². The molecule has 0 unspecified atom stereocenters. The lowest BCUT2D eigenvalue weighted by Gasteiger charge is -2.34. The predicted molar refractivity (Wildman–Crippen MR) is 88.7 cm³/mol. The number of amides is 1. The molecule has 1 amide bonds. The van der Waals surface area contributed by atoms with Gasteiger partial charge in [0.05, 0.1) is 6.10 Å². The summed E-state index contributed by atoms with van der Waals surface area (Å²) in [4.78, 5) is 15.0. The molecule has 2 aliphatic carbocycles. The number of ether oxygens (including phenoxy) is 1. The quantitative estimate of drug-likeness (QED) is 0.781. The van der Waals surface area contributed by atoms with Gasteiger partial charge in [0.25, 0.3) is 5.91 Å². The molecule has 2 saturated carbocycles. The molecule has 3 fully saturated rings. The Kier molecular flexibility index (Phi) is 5.43. The summed E-state index contributed by atoms with van der Waals surface area (Å²) >= 11 is 0. The molecule has 0 aromatic heterocycles. The highest BCUT2D eigenvalue weighted by atomic mass is 16.5. The van der Waals surface area contributed by atoms with Crippen molar-refractivity contribution in [1.82, 2.24) is 4.90 Å². The summed E-state index contributed by atoms with van der Waals surface area (Å²) in [5.74, 6) is 1.76. The Morgan fingerprint density at radius 2 is 1.82 bits per heavy atom. The molecule has 3 aliphatic rings. The lowest BCUT2D eigenvalue weighted by atomic mass is 9.88. The molecule has 1 saturated heterocycles. The number of hydrogen-bond donors (Lipinski definition) is 0. The highest BCUT2D eigenvalue weighted by Gasteiger charge is 2.38. The minimum atomic E-state index is -0.252. The van der Waals surface area contributed by atoms with Gasteiger partial charge in [0, 0.05) is 12.6 Å². The van der Waals surface area contributed by atoms with Crippen LogP contribution in [0, 0.1) is 11.8 Å². The first-order valence-electron chi connectivity index (χ1n) is 9.61. The molecule has 1 heterocycles. The summed E-state index contributed by atoms with van der Waals surface area (Å²) in [7, 11) is 0. The summed E-state index contributed by atoms with van der Waals surface area (Å²) in [6, 6.07) is 0.506. The minimum absolute atomic E-state index is 0.252. The van der Waals surface area contributed by atoms with Crippen LogP contribution in [0.5, 0.6) is 0 Å². The van der Waals surface area contributed by atoms with Gasteiger partial charge in [0.15, 0.2) is 0 Å². The summed E-state index contributed by atoms with van der Waals surface area (Å²) in [5.41, 5.74) is 0. The minimum Gasteiger partial charge on any atom is -0.365 e. The molecule has 4 atom stereocenters. The van der Waals surface area contributed by atoms with Crippen molar-refractivity contribution in [2.75, 3.05) is 6.54 Å². The van der Waals surface area contributed by atoms with Gasteiger partial charge in [0.1, 0.15) is 6.10 Å². The summed E-state index contributed by atoms with van der Waals surface area (Å²) in [5, 5.41) is 0. The first-order valence-corrected chi connectivity index (χ1v) is 9.61. The van der Waals surface area contributed by atoms with E-state index in [0.717, 1.165) is 31.2 Å². The zero-order chi connectivity index (χ0) is 15.5. The number of carbonyl (C=O) groups is 1. The largest absolute Gasteiger partial charge is 0.365 e. The van der Waals surface area contributed by atoms with Crippen LogP contribution in [0.2, 0.25) is 0 Å². The summed E-state index contributed by atoms with van der Waals surface area (Å²) in [6.45, 7) is 5.24. The molecule has 0 aromatic carbocycles. The van der Waals surface area contributed by atoms with Gasteiger partial charge in [-0.05, 0) is 57.3 Å². The van der Waals surface area contributed by atoms with Crippen LogP contribution in [-0.4, -0.2) is 35.6 Å². The molecular formula is C19H33NO2. The van der Waals surface area contributed by atoms with Gasteiger partial charge in [-0.1, -0.05) is 32.6 Å². The van der Waals surface area contributed by atoms with Crippen molar-refractivity contribution in [2.45, 2.75) is 96.3 Å². The van der Waals surface area contributed by atoms with E-state index in [1.165, 1.54) is 51.4 Å². The molecule has 3 heteroatoms. The molecule has 22 heavy (non-hydrogen) atoms. The fourth-order valence-corrected chi connectivity index (χ4v) is 4.98. The number of likely N-dealkylation sites (tertiary alicyclic amines) is 1. The van der Waals surface area contributed by atoms with Crippen molar-refractivity contribution in [3.8, 4) is 0 Å². The van der Waals surface area contributed by atoms with Gasteiger partial charge in [-0.15, -0.1) is 0 Å². The Hall–Kier alpha value is -0.570. The van der Waals surface area contributed by atoms with Crippen molar-refractivity contribution < 1.29 is 9.53 Å². The second-order valence-electron chi connectivity index (χ2n) is 7.96. The first kappa shape index (κ1) is 16.3. The van der Waals surface area contributed by atoms with E-state index in [1.54, 1.807) is 0 Å². The Morgan fingerprint density at radius 1 is 1.05 bits per heavy atom. The van der Waals surface area contributed by atoms with Crippen molar-refractivity contribution in [3.05, 3.63) is 0 Å². The van der Waals surface area contributed by atoms with Gasteiger partial charge in [-0.3, -0.25) is 4.79 Å². The number of rotatable bonds is 4. The maximum Gasteiger partial charge on any atom is 0.251 e. The third-order valence-electron chi connectivity index (χ3n) is 6.16. The molecule has 0 aromatic rings. The molecule has 0 bridgehead atoms. The van der Waals surface area contributed by atoms with Crippen LogP contribution >= 0.6 is 0 Å². The average molecular weight is 307 g/mol. The molecule has 0 N–H and O–H groups in total. The molecule has 126 valence electrons. The lowest BCUT2D eigenvalue weighted by molar-refractivity contribution is -0.149. The molecule has 3 rings (SSSR count). The standard InChI is InChI=1S/C19H33NO2/c1-14-7-5-10-17(13-14)22-15(2)19(21)20-12-6-11-18(20)16-8-3-4-9-16/h14-18H,3-13H2,1-2H3/t14-,15+,17+,18+/m1/s1. The highest BCUT2D eigenvalue weighted by Crippen LogP contribution is 2.36. The molecular weight excluding hydrogens is 274 g/mol. The van der Waals surface area contributed by atoms with Gasteiger partial charge in [-0.25, -0.2) is 0 Å². The Bertz CT molecular complexity index is 378.